The van der Waals surface area contributed by atoms with Gasteiger partial charge in [-0.25, -0.2) is 9.48 Å². The van der Waals surface area contributed by atoms with Gasteiger partial charge in [0.1, 0.15) is 11.3 Å². The highest BCUT2D eigenvalue weighted by atomic mass is 16.6. The molecule has 1 saturated carbocycles. The van der Waals surface area contributed by atoms with Crippen molar-refractivity contribution >= 4 is 17.5 Å². The number of carbonyl (C=O) groups is 1. The number of pyridine rings is 2. The third kappa shape index (κ3) is 6.89. The zero-order valence-electron chi connectivity index (χ0n) is 24.5. The van der Waals surface area contributed by atoms with E-state index in [4.69, 9.17) is 9.72 Å². The largest absolute Gasteiger partial charge is 0.444 e. The first-order valence-corrected chi connectivity index (χ1v) is 14.4. The molecule has 10 heteroatoms. The van der Waals surface area contributed by atoms with E-state index in [0.29, 0.717) is 12.5 Å². The average Bonchev–Trinajstić information content (AvgIpc) is 3.36. The molecule has 1 amide bonds. The molecule has 0 radical (unpaired) electrons. The maximum absolute atomic E-state index is 13.2. The maximum Gasteiger partial charge on any atom is 0.410 e. The van der Waals surface area contributed by atoms with E-state index < -0.39 is 5.60 Å². The quantitative estimate of drug-likeness (QED) is 0.396. The number of hydrogen-bond acceptors (Lipinski definition) is 8. The number of nitrogens with zero attached hydrogens (tertiary/aromatic N) is 8. The summed E-state index contributed by atoms with van der Waals surface area (Å²) >= 11 is 0. The lowest BCUT2D eigenvalue weighted by Crippen LogP contribution is -2.53. The van der Waals surface area contributed by atoms with E-state index in [9.17, 15) is 4.79 Å². The van der Waals surface area contributed by atoms with Gasteiger partial charge in [-0.05, 0) is 70.6 Å². The molecule has 40 heavy (non-hydrogen) atoms. The van der Waals surface area contributed by atoms with Gasteiger partial charge in [-0.3, -0.25) is 9.97 Å². The minimum Gasteiger partial charge on any atom is -0.444 e. The summed E-state index contributed by atoms with van der Waals surface area (Å²) in [7, 11) is 3.98. The second kappa shape index (κ2) is 11.8. The summed E-state index contributed by atoms with van der Waals surface area (Å²) in [4.78, 5) is 28.6. The first-order valence-electron chi connectivity index (χ1n) is 14.4. The molecule has 4 heterocycles. The van der Waals surface area contributed by atoms with Gasteiger partial charge in [-0.15, -0.1) is 5.10 Å². The molecule has 1 saturated heterocycles. The molecule has 5 rings (SSSR count). The Morgan fingerprint density at radius 2 is 1.93 bits per heavy atom. The molecule has 0 unspecified atom stereocenters. The Kier molecular flexibility index (Phi) is 8.23. The van der Waals surface area contributed by atoms with Crippen LogP contribution in [0.2, 0.25) is 0 Å². The topological polar surface area (TPSA) is 92.5 Å². The molecule has 0 N–H and O–H groups in total. The average molecular weight is 547 g/mol. The van der Waals surface area contributed by atoms with Crippen molar-refractivity contribution < 1.29 is 9.53 Å². The second-order valence-corrected chi connectivity index (χ2v) is 12.3. The summed E-state index contributed by atoms with van der Waals surface area (Å²) in [6, 6.07) is 6.36. The minimum absolute atomic E-state index is 0.137. The Morgan fingerprint density at radius 1 is 1.10 bits per heavy atom. The van der Waals surface area contributed by atoms with E-state index in [1.165, 1.54) is 19.3 Å². The summed E-state index contributed by atoms with van der Waals surface area (Å²) in [6.07, 6.45) is 13.0. The van der Waals surface area contributed by atoms with E-state index in [1.807, 2.05) is 63.3 Å². The normalized spacial score (nSPS) is 17.8. The van der Waals surface area contributed by atoms with Crippen LogP contribution in [0.4, 0.5) is 16.2 Å². The van der Waals surface area contributed by atoms with Crippen molar-refractivity contribution in [1.82, 2.24) is 29.9 Å². The molecule has 0 bridgehead atoms. The van der Waals surface area contributed by atoms with Gasteiger partial charge in [-0.2, -0.15) is 0 Å². The van der Waals surface area contributed by atoms with Crippen molar-refractivity contribution in [2.24, 2.45) is 5.92 Å². The molecule has 1 aliphatic carbocycles. The third-order valence-corrected chi connectivity index (χ3v) is 7.72. The standard InChI is InChI=1S/C30H42N8O2/c1-30(2,3)40-29(39)38(18-22-8-6-9-22)26-10-7-13-36(20-26)25-12-11-24(32-17-25)19-37-21-28(33-34-37)23-14-27(35(4)5)16-31-15-23/h11-12,14-17,21-22,26H,6-10,13,18-20H2,1-5H3/t26-/m1/s1. The monoisotopic (exact) mass is 546 g/mol. The molecule has 1 atom stereocenters. The van der Waals surface area contributed by atoms with Crippen LogP contribution in [0, 0.1) is 5.92 Å². The third-order valence-electron chi connectivity index (χ3n) is 7.72. The SMILES string of the molecule is CN(C)c1cncc(-c2cn(Cc3ccc(N4CCC[C@@H](N(CC5CCC5)C(=O)OC(C)(C)C)C4)cn3)nn2)c1. The molecular formula is C30H42N8O2. The second-order valence-electron chi connectivity index (χ2n) is 12.3. The minimum atomic E-state index is -0.499. The van der Waals surface area contributed by atoms with Crippen LogP contribution in [-0.4, -0.2) is 81.3 Å². The van der Waals surface area contributed by atoms with Crippen LogP contribution in [0.15, 0.2) is 43.0 Å². The van der Waals surface area contributed by atoms with E-state index in [1.54, 1.807) is 10.9 Å². The van der Waals surface area contributed by atoms with E-state index in [-0.39, 0.29) is 12.1 Å². The van der Waals surface area contributed by atoms with Crippen LogP contribution < -0.4 is 9.80 Å². The summed E-state index contributed by atoms with van der Waals surface area (Å²) in [5.41, 5.74) is 4.21. The van der Waals surface area contributed by atoms with Crippen LogP contribution in [0.5, 0.6) is 0 Å². The summed E-state index contributed by atoms with van der Waals surface area (Å²) in [5.74, 6) is 0.592. The molecule has 2 fully saturated rings. The zero-order chi connectivity index (χ0) is 28.3. The number of piperidine rings is 1. The summed E-state index contributed by atoms with van der Waals surface area (Å²) < 4.78 is 7.62. The number of anilines is 2. The number of ether oxygens (including phenoxy) is 1. The van der Waals surface area contributed by atoms with E-state index in [0.717, 1.165) is 60.8 Å². The smallest absolute Gasteiger partial charge is 0.410 e. The lowest BCUT2D eigenvalue weighted by Gasteiger charge is -2.43. The maximum atomic E-state index is 13.2. The predicted molar refractivity (Wildman–Crippen MR) is 156 cm³/mol. The lowest BCUT2D eigenvalue weighted by molar-refractivity contribution is 0.00736. The number of aromatic nitrogens is 5. The van der Waals surface area contributed by atoms with Crippen LogP contribution in [-0.2, 0) is 11.3 Å². The molecule has 3 aromatic rings. The van der Waals surface area contributed by atoms with Gasteiger partial charge in [0.15, 0.2) is 0 Å². The van der Waals surface area contributed by atoms with Gasteiger partial charge in [-0.1, -0.05) is 11.6 Å². The number of amides is 1. The predicted octanol–water partition coefficient (Wildman–Crippen LogP) is 4.86. The first-order chi connectivity index (χ1) is 19.1. The molecule has 1 aliphatic heterocycles. The van der Waals surface area contributed by atoms with Gasteiger partial charge in [0.2, 0.25) is 0 Å². The molecular weight excluding hydrogens is 504 g/mol. The molecule has 0 aromatic carbocycles. The van der Waals surface area contributed by atoms with Crippen LogP contribution in [0.3, 0.4) is 0 Å². The highest BCUT2D eigenvalue weighted by molar-refractivity contribution is 5.69. The summed E-state index contributed by atoms with van der Waals surface area (Å²) in [6.45, 7) is 8.88. The van der Waals surface area contributed by atoms with Gasteiger partial charge in [0.25, 0.3) is 0 Å². The van der Waals surface area contributed by atoms with Gasteiger partial charge < -0.3 is 19.4 Å². The van der Waals surface area contributed by atoms with Crippen molar-refractivity contribution in [2.75, 3.05) is 43.5 Å². The van der Waals surface area contributed by atoms with E-state index >= 15 is 0 Å². The van der Waals surface area contributed by atoms with Crippen LogP contribution in [0.25, 0.3) is 11.3 Å². The lowest BCUT2D eigenvalue weighted by atomic mass is 9.84. The Hall–Kier alpha value is -3.69. The molecule has 3 aromatic heterocycles. The van der Waals surface area contributed by atoms with Crippen molar-refractivity contribution in [3.8, 4) is 11.3 Å². The first kappa shape index (κ1) is 27.9. The van der Waals surface area contributed by atoms with Crippen LogP contribution in [0.1, 0.15) is 58.6 Å². The fourth-order valence-corrected chi connectivity index (χ4v) is 5.27. The van der Waals surface area contributed by atoms with Gasteiger partial charge in [0.05, 0.1) is 48.2 Å². The Balaban J connectivity index is 1.23. The van der Waals surface area contributed by atoms with Crippen molar-refractivity contribution in [2.45, 2.75) is 71.1 Å². The highest BCUT2D eigenvalue weighted by Gasteiger charge is 2.34. The molecule has 10 nitrogen and oxygen atoms in total. The molecule has 214 valence electrons. The number of hydrogen-bond donors (Lipinski definition) is 0. The molecule has 0 spiro atoms. The fourth-order valence-electron chi connectivity index (χ4n) is 5.27. The van der Waals surface area contributed by atoms with E-state index in [2.05, 4.69) is 38.4 Å². The Bertz CT molecular complexity index is 1280. The van der Waals surface area contributed by atoms with Crippen molar-refractivity contribution in [3.63, 3.8) is 0 Å². The van der Waals surface area contributed by atoms with Crippen molar-refractivity contribution in [1.29, 1.82) is 0 Å². The Morgan fingerprint density at radius 3 is 2.60 bits per heavy atom. The summed E-state index contributed by atoms with van der Waals surface area (Å²) in [5, 5.41) is 8.65. The zero-order valence-corrected chi connectivity index (χ0v) is 24.5. The fraction of sp³-hybridized carbons (Fsp3) is 0.567. The van der Waals surface area contributed by atoms with Gasteiger partial charge >= 0.3 is 6.09 Å². The Labute approximate surface area is 237 Å². The van der Waals surface area contributed by atoms with Crippen molar-refractivity contribution in [3.05, 3.63) is 48.7 Å². The number of rotatable bonds is 8. The highest BCUT2D eigenvalue weighted by Crippen LogP contribution is 2.31. The van der Waals surface area contributed by atoms with Gasteiger partial charge in [0, 0.05) is 45.5 Å². The number of carbonyl (C=O) groups excluding carboxylic acids is 1. The van der Waals surface area contributed by atoms with Crippen LogP contribution >= 0.6 is 0 Å². The molecule has 2 aliphatic rings.